The zero-order valence-corrected chi connectivity index (χ0v) is 19.1. The summed E-state index contributed by atoms with van der Waals surface area (Å²) in [7, 11) is 0. The van der Waals surface area contributed by atoms with Crippen molar-refractivity contribution in [2.75, 3.05) is 5.32 Å². The van der Waals surface area contributed by atoms with E-state index in [1.54, 1.807) is 11.3 Å². The molecule has 2 aromatic carbocycles. The molecule has 4 aromatic rings. The number of anilines is 1. The van der Waals surface area contributed by atoms with Crippen molar-refractivity contribution in [1.82, 2.24) is 4.98 Å². The van der Waals surface area contributed by atoms with Crippen molar-refractivity contribution in [3.05, 3.63) is 81.9 Å². The molecule has 0 radical (unpaired) electrons. The molecule has 1 aliphatic rings. The highest BCUT2D eigenvalue weighted by molar-refractivity contribution is 7.16. The van der Waals surface area contributed by atoms with Crippen LogP contribution in [-0.2, 0) is 12.8 Å². The number of hydrogen-bond acceptors (Lipinski definition) is 3. The third-order valence-electron chi connectivity index (χ3n) is 6.17. The number of amides is 1. The molecule has 5 rings (SSSR count). The van der Waals surface area contributed by atoms with E-state index in [2.05, 4.69) is 29.4 Å². The Morgan fingerprint density at radius 1 is 1.00 bits per heavy atom. The van der Waals surface area contributed by atoms with Gasteiger partial charge in [0.15, 0.2) is 0 Å². The van der Waals surface area contributed by atoms with Gasteiger partial charge in [-0.2, -0.15) is 0 Å². The Labute approximate surface area is 192 Å². The monoisotopic (exact) mass is 441 g/mol. The van der Waals surface area contributed by atoms with Crippen LogP contribution in [0, 0.1) is 6.92 Å². The number of nitrogens with one attached hydrogen (secondary N) is 2. The molecule has 0 spiro atoms. The number of fused-ring (bicyclic) bond motifs is 2. The van der Waals surface area contributed by atoms with E-state index in [-0.39, 0.29) is 5.91 Å². The number of aryl methyl sites for hydroxylation is 2. The zero-order valence-electron chi connectivity index (χ0n) is 18.3. The Hall–Kier alpha value is -3.18. The van der Waals surface area contributed by atoms with Gasteiger partial charge in [-0.15, -0.1) is 11.3 Å². The van der Waals surface area contributed by atoms with E-state index in [1.807, 2.05) is 48.7 Å². The van der Waals surface area contributed by atoms with E-state index in [1.165, 1.54) is 29.7 Å². The van der Waals surface area contributed by atoms with Crippen molar-refractivity contribution in [3.8, 4) is 0 Å². The van der Waals surface area contributed by atoms with Crippen LogP contribution in [0.1, 0.15) is 57.7 Å². The Morgan fingerprint density at radius 2 is 1.75 bits per heavy atom. The maximum absolute atomic E-state index is 13.4. The standard InChI is InChI=1S/C27H27N3OS/c1-18-22(20-13-9-10-15-23(20)29-18)17-28-27-25(26(31)30-19-11-5-4-6-12-19)21-14-7-2-3-8-16-24(21)32-27/h4-6,9-13,15,17,29H,2-3,7-8,14,16H2,1H3,(H,30,31). The Morgan fingerprint density at radius 3 is 2.59 bits per heavy atom. The molecule has 4 nitrogen and oxygen atoms in total. The van der Waals surface area contributed by atoms with Crippen LogP contribution in [0.25, 0.3) is 10.9 Å². The number of aromatic amines is 1. The zero-order chi connectivity index (χ0) is 21.9. The molecule has 1 amide bonds. The van der Waals surface area contributed by atoms with Crippen LogP contribution in [0.3, 0.4) is 0 Å². The molecule has 5 heteroatoms. The predicted molar refractivity (Wildman–Crippen MR) is 135 cm³/mol. The van der Waals surface area contributed by atoms with Crippen LogP contribution in [0.5, 0.6) is 0 Å². The van der Waals surface area contributed by atoms with Crippen molar-refractivity contribution in [2.24, 2.45) is 4.99 Å². The second-order valence-electron chi connectivity index (χ2n) is 8.39. The van der Waals surface area contributed by atoms with Gasteiger partial charge in [-0.05, 0) is 56.4 Å². The number of carbonyl (C=O) groups excluding carboxylic acids is 1. The SMILES string of the molecule is Cc1[nH]c2ccccc2c1C=Nc1sc2c(c1C(=O)Nc1ccccc1)CCCCCC2. The first-order chi connectivity index (χ1) is 15.7. The Bertz CT molecular complexity index is 1280. The summed E-state index contributed by atoms with van der Waals surface area (Å²) in [5.41, 5.74) is 6.03. The van der Waals surface area contributed by atoms with Crippen LogP contribution in [0.2, 0.25) is 0 Å². The summed E-state index contributed by atoms with van der Waals surface area (Å²) >= 11 is 1.69. The summed E-state index contributed by atoms with van der Waals surface area (Å²) in [6.45, 7) is 2.07. The summed E-state index contributed by atoms with van der Waals surface area (Å²) in [5, 5.41) is 5.06. The van der Waals surface area contributed by atoms with Crippen LogP contribution in [0.15, 0.2) is 59.6 Å². The Kier molecular flexibility index (Phi) is 5.91. The summed E-state index contributed by atoms with van der Waals surface area (Å²) in [4.78, 5) is 23.1. The number of hydrogen-bond donors (Lipinski definition) is 2. The van der Waals surface area contributed by atoms with Crippen molar-refractivity contribution in [2.45, 2.75) is 45.4 Å². The minimum Gasteiger partial charge on any atom is -0.358 e. The maximum Gasteiger partial charge on any atom is 0.259 e. The predicted octanol–water partition coefficient (Wildman–Crippen LogP) is 7.20. The van der Waals surface area contributed by atoms with E-state index in [9.17, 15) is 4.79 Å². The number of H-pyrrole nitrogens is 1. The topological polar surface area (TPSA) is 57.2 Å². The molecule has 2 aromatic heterocycles. The van der Waals surface area contributed by atoms with E-state index >= 15 is 0 Å². The first-order valence-corrected chi connectivity index (χ1v) is 12.1. The second kappa shape index (κ2) is 9.13. The average molecular weight is 442 g/mol. The molecular weight excluding hydrogens is 414 g/mol. The van der Waals surface area contributed by atoms with E-state index in [0.29, 0.717) is 0 Å². The van der Waals surface area contributed by atoms with Gasteiger partial charge in [0.2, 0.25) is 0 Å². The van der Waals surface area contributed by atoms with Crippen LogP contribution in [-0.4, -0.2) is 17.1 Å². The van der Waals surface area contributed by atoms with Crippen LogP contribution >= 0.6 is 11.3 Å². The van der Waals surface area contributed by atoms with Crippen LogP contribution in [0.4, 0.5) is 10.7 Å². The molecule has 0 unspecified atom stereocenters. The molecule has 0 bridgehead atoms. The van der Waals surface area contributed by atoms with Gasteiger partial charge in [-0.3, -0.25) is 4.79 Å². The average Bonchev–Trinajstić information content (AvgIpc) is 3.28. The van der Waals surface area contributed by atoms with Gasteiger partial charge in [0.05, 0.1) is 5.56 Å². The van der Waals surface area contributed by atoms with Gasteiger partial charge in [-0.25, -0.2) is 4.99 Å². The highest BCUT2D eigenvalue weighted by atomic mass is 32.1. The smallest absolute Gasteiger partial charge is 0.259 e. The minimum absolute atomic E-state index is 0.0583. The highest BCUT2D eigenvalue weighted by Crippen LogP contribution is 2.39. The summed E-state index contributed by atoms with van der Waals surface area (Å²) in [5.74, 6) is -0.0583. The molecule has 0 saturated carbocycles. The fourth-order valence-electron chi connectivity index (χ4n) is 4.53. The number of thiophene rings is 1. The van der Waals surface area contributed by atoms with Crippen molar-refractivity contribution < 1.29 is 4.79 Å². The van der Waals surface area contributed by atoms with Gasteiger partial charge in [0, 0.05) is 38.9 Å². The van der Waals surface area contributed by atoms with Crippen molar-refractivity contribution >= 4 is 45.0 Å². The molecule has 162 valence electrons. The second-order valence-corrected chi connectivity index (χ2v) is 9.47. The minimum atomic E-state index is -0.0583. The van der Waals surface area contributed by atoms with Gasteiger partial charge in [-0.1, -0.05) is 49.2 Å². The van der Waals surface area contributed by atoms with Gasteiger partial charge >= 0.3 is 0 Å². The van der Waals surface area contributed by atoms with Crippen LogP contribution < -0.4 is 5.32 Å². The van der Waals surface area contributed by atoms with Gasteiger partial charge < -0.3 is 10.3 Å². The fourth-order valence-corrected chi connectivity index (χ4v) is 5.76. The summed E-state index contributed by atoms with van der Waals surface area (Å²) in [6, 6.07) is 17.9. The molecule has 0 fully saturated rings. The number of aliphatic imine (C=N–C) groups is 1. The molecule has 0 saturated heterocycles. The number of aromatic nitrogens is 1. The quantitative estimate of drug-likeness (QED) is 0.323. The lowest BCUT2D eigenvalue weighted by atomic mass is 9.96. The number of para-hydroxylation sites is 2. The number of nitrogens with zero attached hydrogens (tertiary/aromatic N) is 1. The van der Waals surface area contributed by atoms with E-state index in [4.69, 9.17) is 4.99 Å². The molecule has 1 aliphatic carbocycles. The normalized spacial score (nSPS) is 14.3. The summed E-state index contributed by atoms with van der Waals surface area (Å²) in [6.07, 6.45) is 8.70. The Balaban J connectivity index is 1.56. The maximum atomic E-state index is 13.4. The van der Waals surface area contributed by atoms with Crippen molar-refractivity contribution in [3.63, 3.8) is 0 Å². The van der Waals surface area contributed by atoms with Gasteiger partial charge in [0.1, 0.15) is 5.00 Å². The lowest BCUT2D eigenvalue weighted by Gasteiger charge is -2.12. The molecule has 0 aliphatic heterocycles. The molecule has 2 N–H and O–H groups in total. The molecule has 32 heavy (non-hydrogen) atoms. The third-order valence-corrected chi connectivity index (χ3v) is 7.37. The highest BCUT2D eigenvalue weighted by Gasteiger charge is 2.24. The number of carbonyl (C=O) groups is 1. The molecule has 2 heterocycles. The number of benzene rings is 2. The first-order valence-electron chi connectivity index (χ1n) is 11.3. The molecule has 0 atom stereocenters. The summed E-state index contributed by atoms with van der Waals surface area (Å²) < 4.78 is 0. The fraction of sp³-hybridized carbons (Fsp3) is 0.259. The lowest BCUT2D eigenvalue weighted by Crippen LogP contribution is -2.14. The van der Waals surface area contributed by atoms with Gasteiger partial charge in [0.25, 0.3) is 5.91 Å². The number of rotatable bonds is 4. The van der Waals surface area contributed by atoms with E-state index < -0.39 is 0 Å². The van der Waals surface area contributed by atoms with E-state index in [0.717, 1.165) is 57.7 Å². The molecular formula is C27H27N3OS. The lowest BCUT2D eigenvalue weighted by molar-refractivity contribution is 0.102. The third kappa shape index (κ3) is 4.13. The van der Waals surface area contributed by atoms with Crippen molar-refractivity contribution in [1.29, 1.82) is 0 Å². The largest absolute Gasteiger partial charge is 0.358 e. The first kappa shape index (κ1) is 20.7.